The van der Waals surface area contributed by atoms with Gasteiger partial charge in [-0.15, -0.1) is 0 Å². The summed E-state index contributed by atoms with van der Waals surface area (Å²) >= 11 is 0. The Hall–Kier alpha value is -1.36. The molecule has 2 N–H and O–H groups in total. The molecule has 0 amide bonds. The van der Waals surface area contributed by atoms with Crippen molar-refractivity contribution in [2.45, 2.75) is 6.92 Å². The predicted octanol–water partition coefficient (Wildman–Crippen LogP) is 0.392. The van der Waals surface area contributed by atoms with Gasteiger partial charge in [-0.1, -0.05) is 0 Å². The lowest BCUT2D eigenvalue weighted by molar-refractivity contribution is 0.144. The standard InChI is InChI=1S/C8H13N3O2/c1-6-10-5-7(9)8(11-6)13-4-3-12-2/h5H,3-4,9H2,1-2H3. The van der Waals surface area contributed by atoms with E-state index in [4.69, 9.17) is 15.2 Å². The number of aryl methyl sites for hydroxylation is 1. The van der Waals surface area contributed by atoms with Gasteiger partial charge in [0.25, 0.3) is 0 Å². The molecule has 0 unspecified atom stereocenters. The van der Waals surface area contributed by atoms with Gasteiger partial charge in [-0.05, 0) is 6.92 Å². The second kappa shape index (κ2) is 4.61. The number of nitrogens with zero attached hydrogens (tertiary/aromatic N) is 2. The number of ether oxygens (including phenoxy) is 2. The van der Waals surface area contributed by atoms with Crippen molar-refractivity contribution >= 4 is 5.69 Å². The van der Waals surface area contributed by atoms with Crippen molar-refractivity contribution in [3.05, 3.63) is 12.0 Å². The van der Waals surface area contributed by atoms with Gasteiger partial charge >= 0.3 is 0 Å². The molecule has 0 aliphatic carbocycles. The van der Waals surface area contributed by atoms with E-state index in [-0.39, 0.29) is 0 Å². The van der Waals surface area contributed by atoms with Gasteiger partial charge in [-0.3, -0.25) is 0 Å². The molecule has 0 fully saturated rings. The fourth-order valence-electron chi connectivity index (χ4n) is 0.796. The van der Waals surface area contributed by atoms with E-state index in [1.165, 1.54) is 6.20 Å². The minimum absolute atomic E-state index is 0.421. The first-order valence-electron chi connectivity index (χ1n) is 3.95. The Bertz CT molecular complexity index is 278. The maximum absolute atomic E-state index is 5.58. The normalized spacial score (nSPS) is 10.0. The van der Waals surface area contributed by atoms with Crippen molar-refractivity contribution in [3.8, 4) is 5.88 Å². The first-order chi connectivity index (χ1) is 6.24. The van der Waals surface area contributed by atoms with Gasteiger partial charge in [0.1, 0.15) is 18.1 Å². The molecule has 1 aromatic rings. The number of methoxy groups -OCH3 is 1. The summed E-state index contributed by atoms with van der Waals surface area (Å²) in [7, 11) is 1.61. The molecule has 0 aliphatic heterocycles. The molecule has 1 aromatic heterocycles. The van der Waals surface area contributed by atoms with Gasteiger partial charge in [-0.2, -0.15) is 4.98 Å². The van der Waals surface area contributed by atoms with Crippen molar-refractivity contribution in [2.24, 2.45) is 0 Å². The molecule has 13 heavy (non-hydrogen) atoms. The van der Waals surface area contributed by atoms with Crippen molar-refractivity contribution in [3.63, 3.8) is 0 Å². The first kappa shape index (κ1) is 9.73. The Balaban J connectivity index is 2.59. The molecule has 1 heterocycles. The van der Waals surface area contributed by atoms with Gasteiger partial charge in [0.15, 0.2) is 0 Å². The SMILES string of the molecule is COCCOc1nc(C)ncc1N. The molecule has 72 valence electrons. The zero-order chi connectivity index (χ0) is 9.68. The number of hydrogen-bond donors (Lipinski definition) is 1. The van der Waals surface area contributed by atoms with E-state index in [1.54, 1.807) is 14.0 Å². The Morgan fingerprint density at radius 2 is 2.23 bits per heavy atom. The molecule has 0 bridgehead atoms. The fourth-order valence-corrected chi connectivity index (χ4v) is 0.796. The molecule has 0 saturated heterocycles. The van der Waals surface area contributed by atoms with E-state index in [2.05, 4.69) is 9.97 Å². The molecule has 5 nitrogen and oxygen atoms in total. The van der Waals surface area contributed by atoms with Crippen LogP contribution in [0.25, 0.3) is 0 Å². The van der Waals surface area contributed by atoms with E-state index >= 15 is 0 Å². The maximum atomic E-state index is 5.58. The minimum Gasteiger partial charge on any atom is -0.474 e. The lowest BCUT2D eigenvalue weighted by Gasteiger charge is -2.06. The average Bonchev–Trinajstić information content (AvgIpc) is 2.11. The van der Waals surface area contributed by atoms with E-state index < -0.39 is 0 Å². The molecule has 0 aliphatic rings. The summed E-state index contributed by atoms with van der Waals surface area (Å²) in [6.45, 7) is 2.74. The second-order valence-corrected chi connectivity index (χ2v) is 2.52. The van der Waals surface area contributed by atoms with Crippen LogP contribution in [-0.2, 0) is 4.74 Å². The van der Waals surface area contributed by atoms with Crippen molar-refractivity contribution in [1.29, 1.82) is 0 Å². The largest absolute Gasteiger partial charge is 0.474 e. The number of rotatable bonds is 4. The van der Waals surface area contributed by atoms with Crippen LogP contribution in [0.5, 0.6) is 5.88 Å². The Morgan fingerprint density at radius 3 is 2.92 bits per heavy atom. The van der Waals surface area contributed by atoms with Gasteiger partial charge in [0.05, 0.1) is 12.8 Å². The molecule has 0 atom stereocenters. The predicted molar refractivity (Wildman–Crippen MR) is 48.6 cm³/mol. The number of aromatic nitrogens is 2. The lowest BCUT2D eigenvalue weighted by atomic mass is 10.5. The van der Waals surface area contributed by atoms with E-state index in [0.29, 0.717) is 30.6 Å². The van der Waals surface area contributed by atoms with Crippen LogP contribution in [-0.4, -0.2) is 30.3 Å². The highest BCUT2D eigenvalue weighted by atomic mass is 16.5. The van der Waals surface area contributed by atoms with Crippen LogP contribution in [0.4, 0.5) is 5.69 Å². The van der Waals surface area contributed by atoms with Crippen molar-refractivity contribution in [2.75, 3.05) is 26.1 Å². The minimum atomic E-state index is 0.421. The van der Waals surface area contributed by atoms with Crippen LogP contribution < -0.4 is 10.5 Å². The summed E-state index contributed by atoms with van der Waals surface area (Å²) in [5.41, 5.74) is 6.03. The summed E-state index contributed by atoms with van der Waals surface area (Å²) in [4.78, 5) is 7.95. The summed E-state index contributed by atoms with van der Waals surface area (Å²) in [5.74, 6) is 1.06. The first-order valence-corrected chi connectivity index (χ1v) is 3.95. The Kier molecular flexibility index (Phi) is 3.45. The quantitative estimate of drug-likeness (QED) is 0.684. The summed E-state index contributed by atoms with van der Waals surface area (Å²) in [6.07, 6.45) is 1.53. The summed E-state index contributed by atoms with van der Waals surface area (Å²) < 4.78 is 10.1. The van der Waals surface area contributed by atoms with E-state index in [1.807, 2.05) is 0 Å². The third-order valence-electron chi connectivity index (χ3n) is 1.43. The zero-order valence-corrected chi connectivity index (χ0v) is 7.78. The number of nitrogen functional groups attached to an aromatic ring is 1. The highest BCUT2D eigenvalue weighted by Gasteiger charge is 2.02. The molecule has 5 heteroatoms. The lowest BCUT2D eigenvalue weighted by Crippen LogP contribution is -2.08. The fraction of sp³-hybridized carbons (Fsp3) is 0.500. The molecular formula is C8H13N3O2. The number of hydrogen-bond acceptors (Lipinski definition) is 5. The van der Waals surface area contributed by atoms with Crippen LogP contribution in [0.3, 0.4) is 0 Å². The summed E-state index contributed by atoms with van der Waals surface area (Å²) in [5, 5.41) is 0. The number of nitrogens with two attached hydrogens (primary N) is 1. The monoisotopic (exact) mass is 183 g/mol. The van der Waals surface area contributed by atoms with Gasteiger partial charge in [0, 0.05) is 7.11 Å². The Labute approximate surface area is 76.9 Å². The van der Waals surface area contributed by atoms with Crippen LogP contribution in [0, 0.1) is 6.92 Å². The average molecular weight is 183 g/mol. The van der Waals surface area contributed by atoms with Crippen LogP contribution in [0.1, 0.15) is 5.82 Å². The number of anilines is 1. The summed E-state index contributed by atoms with van der Waals surface area (Å²) in [6, 6.07) is 0. The van der Waals surface area contributed by atoms with Crippen molar-refractivity contribution in [1.82, 2.24) is 9.97 Å². The smallest absolute Gasteiger partial charge is 0.240 e. The van der Waals surface area contributed by atoms with Crippen LogP contribution >= 0.6 is 0 Å². The zero-order valence-electron chi connectivity index (χ0n) is 7.78. The Morgan fingerprint density at radius 1 is 1.46 bits per heavy atom. The van der Waals surface area contributed by atoms with Crippen molar-refractivity contribution < 1.29 is 9.47 Å². The molecule has 1 rings (SSSR count). The third-order valence-corrected chi connectivity index (χ3v) is 1.43. The molecule has 0 saturated carbocycles. The highest BCUT2D eigenvalue weighted by molar-refractivity contribution is 5.45. The second-order valence-electron chi connectivity index (χ2n) is 2.52. The highest BCUT2D eigenvalue weighted by Crippen LogP contribution is 2.15. The third kappa shape index (κ3) is 2.87. The molecule has 0 radical (unpaired) electrons. The molecule has 0 aromatic carbocycles. The van der Waals surface area contributed by atoms with Gasteiger partial charge in [0.2, 0.25) is 5.88 Å². The van der Waals surface area contributed by atoms with E-state index in [0.717, 1.165) is 0 Å². The van der Waals surface area contributed by atoms with E-state index in [9.17, 15) is 0 Å². The molecular weight excluding hydrogens is 170 g/mol. The van der Waals surface area contributed by atoms with Gasteiger partial charge < -0.3 is 15.2 Å². The van der Waals surface area contributed by atoms with Gasteiger partial charge in [-0.25, -0.2) is 4.98 Å². The van der Waals surface area contributed by atoms with Crippen LogP contribution in [0.2, 0.25) is 0 Å². The topological polar surface area (TPSA) is 70.3 Å². The maximum Gasteiger partial charge on any atom is 0.240 e. The van der Waals surface area contributed by atoms with Crippen LogP contribution in [0.15, 0.2) is 6.20 Å². The molecule has 0 spiro atoms.